The Kier molecular flexibility index (Phi) is 7.89. The molecule has 0 aliphatic heterocycles. The number of benzene rings is 1. The number of rotatable bonds is 11. The van der Waals surface area contributed by atoms with Crippen LogP contribution in [0, 0.1) is 5.82 Å². The van der Waals surface area contributed by atoms with Crippen molar-refractivity contribution in [1.29, 1.82) is 0 Å². The maximum Gasteiger partial charge on any atom is 0.188 e. The highest BCUT2D eigenvalue weighted by Crippen LogP contribution is 2.33. The van der Waals surface area contributed by atoms with Crippen molar-refractivity contribution in [2.24, 2.45) is 12.0 Å². The summed E-state index contributed by atoms with van der Waals surface area (Å²) in [4.78, 5) is 19.5. The maximum atomic E-state index is 15.5. The summed E-state index contributed by atoms with van der Waals surface area (Å²) in [5, 5.41) is 13.6. The normalized spacial score (nSPS) is 11.2. The fourth-order valence-corrected chi connectivity index (χ4v) is 3.62. The first-order chi connectivity index (χ1) is 18.0. The van der Waals surface area contributed by atoms with E-state index in [1.807, 2.05) is 13.2 Å². The van der Waals surface area contributed by atoms with Gasteiger partial charge in [0.25, 0.3) is 0 Å². The van der Waals surface area contributed by atoms with E-state index >= 15 is 4.39 Å². The Hall–Kier alpha value is -4.58. The molecule has 1 N–H and O–H groups in total. The lowest BCUT2D eigenvalue weighted by atomic mass is 10.2. The number of imidazole rings is 1. The minimum atomic E-state index is -0.603. The van der Waals surface area contributed by atoms with Crippen LogP contribution in [0.3, 0.4) is 0 Å². The van der Waals surface area contributed by atoms with Gasteiger partial charge in [-0.2, -0.15) is 5.10 Å². The number of hydrogen-bond donors (Lipinski definition) is 1. The number of hydrogen-bond acceptors (Lipinski definition) is 8. The molecule has 0 atom stereocenters. The number of aromatic nitrogens is 6. The van der Waals surface area contributed by atoms with Crippen molar-refractivity contribution in [1.82, 2.24) is 29.3 Å². The summed E-state index contributed by atoms with van der Waals surface area (Å²) in [6.07, 6.45) is 11.4. The van der Waals surface area contributed by atoms with Crippen LogP contribution in [0.4, 0.5) is 15.9 Å². The van der Waals surface area contributed by atoms with Gasteiger partial charge in [-0.1, -0.05) is 6.58 Å². The lowest BCUT2D eigenvalue weighted by molar-refractivity contribution is 0.274. The summed E-state index contributed by atoms with van der Waals surface area (Å²) in [5.41, 5.74) is 1.95. The fourth-order valence-electron chi connectivity index (χ4n) is 3.62. The molecule has 37 heavy (non-hydrogen) atoms. The average molecular weight is 507 g/mol. The van der Waals surface area contributed by atoms with Crippen LogP contribution in [0.15, 0.2) is 54.7 Å². The molecule has 0 unspecified atom stereocenters. The van der Waals surface area contributed by atoms with Gasteiger partial charge in [0.2, 0.25) is 0 Å². The van der Waals surface area contributed by atoms with E-state index in [2.05, 4.69) is 31.6 Å². The van der Waals surface area contributed by atoms with Crippen molar-refractivity contribution in [3.63, 3.8) is 0 Å². The number of halogens is 1. The quantitative estimate of drug-likeness (QED) is 0.244. The lowest BCUT2D eigenvalue weighted by Crippen LogP contribution is -2.24. The summed E-state index contributed by atoms with van der Waals surface area (Å²) < 4.78 is 29.5. The van der Waals surface area contributed by atoms with Crippen molar-refractivity contribution < 1.29 is 19.0 Å². The van der Waals surface area contributed by atoms with Gasteiger partial charge in [0.15, 0.2) is 17.4 Å². The van der Waals surface area contributed by atoms with E-state index in [1.165, 1.54) is 32.7 Å². The highest BCUT2D eigenvalue weighted by Gasteiger charge is 2.19. The number of aliphatic hydroxyl groups is 1. The Morgan fingerprint density at radius 2 is 2.05 bits per heavy atom. The van der Waals surface area contributed by atoms with Crippen LogP contribution >= 0.6 is 0 Å². The van der Waals surface area contributed by atoms with E-state index in [0.29, 0.717) is 29.5 Å². The molecule has 0 spiro atoms. The zero-order valence-electron chi connectivity index (χ0n) is 20.7. The van der Waals surface area contributed by atoms with Crippen LogP contribution in [0.1, 0.15) is 11.5 Å². The first-order valence-electron chi connectivity index (χ1n) is 11.3. The molecule has 0 bridgehead atoms. The molecule has 11 nitrogen and oxygen atoms in total. The molecule has 4 rings (SSSR count). The molecule has 0 amide bonds. The smallest absolute Gasteiger partial charge is 0.188 e. The van der Waals surface area contributed by atoms with Gasteiger partial charge in [0.05, 0.1) is 57.5 Å². The monoisotopic (exact) mass is 506 g/mol. The maximum absolute atomic E-state index is 15.5. The predicted molar refractivity (Wildman–Crippen MR) is 137 cm³/mol. The molecule has 3 aromatic heterocycles. The van der Waals surface area contributed by atoms with Gasteiger partial charge in [0, 0.05) is 49.9 Å². The Balaban J connectivity index is 1.79. The number of nitrogens with zero attached hydrogens (tertiary/aromatic N) is 8. The third kappa shape index (κ3) is 5.64. The van der Waals surface area contributed by atoms with Crippen LogP contribution in [0.2, 0.25) is 0 Å². The first kappa shape index (κ1) is 25.5. The number of aryl methyl sites for hydroxylation is 1. The van der Waals surface area contributed by atoms with E-state index in [-0.39, 0.29) is 30.4 Å². The molecule has 0 fully saturated rings. The zero-order valence-corrected chi connectivity index (χ0v) is 20.7. The van der Waals surface area contributed by atoms with E-state index in [1.54, 1.807) is 45.0 Å². The molecule has 0 saturated carbocycles. The number of ether oxygens (including phenoxy) is 2. The minimum Gasteiger partial charge on any atom is -0.497 e. The number of methoxy groups -OCH3 is 2. The van der Waals surface area contributed by atoms with Gasteiger partial charge in [-0.15, -0.1) is 0 Å². The van der Waals surface area contributed by atoms with Crippen LogP contribution in [-0.2, 0) is 20.1 Å². The van der Waals surface area contributed by atoms with Crippen LogP contribution in [0.25, 0.3) is 17.3 Å². The fraction of sp³-hybridized carbons (Fsp3) is 0.240. The molecule has 0 saturated heterocycles. The third-order valence-electron chi connectivity index (χ3n) is 5.51. The topological polar surface area (TPSA) is 116 Å². The van der Waals surface area contributed by atoms with E-state index in [4.69, 9.17) is 9.47 Å². The molecule has 0 aliphatic rings. The van der Waals surface area contributed by atoms with Gasteiger partial charge < -0.3 is 24.0 Å². The lowest BCUT2D eigenvalue weighted by Gasteiger charge is -2.22. The Labute approximate surface area is 213 Å². The van der Waals surface area contributed by atoms with Gasteiger partial charge in [0.1, 0.15) is 17.3 Å². The van der Waals surface area contributed by atoms with Crippen LogP contribution < -0.4 is 14.4 Å². The van der Waals surface area contributed by atoms with Gasteiger partial charge in [-0.25, -0.2) is 19.4 Å². The summed E-state index contributed by atoms with van der Waals surface area (Å²) in [6, 6.07) is 2.99. The van der Waals surface area contributed by atoms with Crippen molar-refractivity contribution in [3.05, 3.63) is 67.0 Å². The molecule has 1 aromatic carbocycles. The molecule has 4 aromatic rings. The highest BCUT2D eigenvalue weighted by molar-refractivity contribution is 5.83. The second-order valence-electron chi connectivity index (χ2n) is 7.87. The second-order valence-corrected chi connectivity index (χ2v) is 7.87. The van der Waals surface area contributed by atoms with E-state index < -0.39 is 5.82 Å². The van der Waals surface area contributed by atoms with E-state index in [9.17, 15) is 5.11 Å². The Morgan fingerprint density at radius 3 is 2.73 bits per heavy atom. The van der Waals surface area contributed by atoms with Crippen molar-refractivity contribution >= 4 is 23.9 Å². The number of anilines is 1. The Morgan fingerprint density at radius 1 is 1.22 bits per heavy atom. The zero-order chi connectivity index (χ0) is 26.4. The SMILES string of the molecule is C=Cc1ncc(-c2cnn(C)c2)nc1N=CN(Cc1nccn1CCO)c1cc(OC)cc(OC)c1F. The number of aliphatic hydroxyl groups excluding tert-OH is 1. The molecule has 12 heteroatoms. The molecular weight excluding hydrogens is 479 g/mol. The predicted octanol–water partition coefficient (Wildman–Crippen LogP) is 3.23. The van der Waals surface area contributed by atoms with Crippen molar-refractivity contribution in [3.8, 4) is 22.8 Å². The van der Waals surface area contributed by atoms with Gasteiger partial charge in [-0.3, -0.25) is 9.67 Å². The Bertz CT molecular complexity index is 1410. The van der Waals surface area contributed by atoms with Crippen molar-refractivity contribution in [2.45, 2.75) is 13.1 Å². The van der Waals surface area contributed by atoms with Crippen LogP contribution in [-0.4, -0.2) is 61.6 Å². The number of aliphatic imine (C=N–C) groups is 1. The van der Waals surface area contributed by atoms with Gasteiger partial charge in [-0.05, 0) is 6.08 Å². The largest absolute Gasteiger partial charge is 0.497 e. The van der Waals surface area contributed by atoms with Crippen molar-refractivity contribution in [2.75, 3.05) is 25.7 Å². The summed E-state index contributed by atoms with van der Waals surface area (Å²) in [5.74, 6) is 0.678. The molecule has 192 valence electrons. The molecule has 0 radical (unpaired) electrons. The standard InChI is InChI=1S/C25H27FN8O3/c1-5-19-25(31-20(13-28-19)17-12-30-32(2)14-17)29-16-34(15-23-27-6-7-33(23)8-9-35)21-10-18(36-3)11-22(37-4)24(21)26/h5-7,10-14,16,35H,1,8-9,15H2,2-4H3. The first-order valence-corrected chi connectivity index (χ1v) is 11.3. The summed E-state index contributed by atoms with van der Waals surface area (Å²) in [6.45, 7) is 4.19. The summed E-state index contributed by atoms with van der Waals surface area (Å²) >= 11 is 0. The van der Waals surface area contributed by atoms with Crippen LogP contribution in [0.5, 0.6) is 11.5 Å². The molecule has 0 aliphatic carbocycles. The second kappa shape index (κ2) is 11.4. The van der Waals surface area contributed by atoms with E-state index in [0.717, 1.165) is 5.56 Å². The highest BCUT2D eigenvalue weighted by atomic mass is 19.1. The minimum absolute atomic E-state index is 0.0107. The average Bonchev–Trinajstić information content (AvgIpc) is 3.55. The third-order valence-corrected chi connectivity index (χ3v) is 5.51. The molecular formula is C25H27FN8O3. The molecule has 3 heterocycles. The summed E-state index contributed by atoms with van der Waals surface area (Å²) in [7, 11) is 4.67. The van der Waals surface area contributed by atoms with Gasteiger partial charge >= 0.3 is 0 Å².